The molecule has 0 spiro atoms. The van der Waals surface area contributed by atoms with Gasteiger partial charge in [-0.2, -0.15) is 0 Å². The topological polar surface area (TPSA) is 50.7 Å². The fourth-order valence-corrected chi connectivity index (χ4v) is 1.89. The standard InChI is InChI=1S/C18H23NO3/c1-14(2)19-12-15(20)13-21-17-10-6-7-11-18(17)22-16-8-4-3-5-9-16/h3-11,14-15,19-20H,12-13H2,1-2H3. The average molecular weight is 301 g/mol. The first-order valence-corrected chi connectivity index (χ1v) is 7.51. The molecule has 0 radical (unpaired) electrons. The van der Waals surface area contributed by atoms with Gasteiger partial charge in [0.15, 0.2) is 11.5 Å². The van der Waals surface area contributed by atoms with Crippen molar-refractivity contribution in [1.29, 1.82) is 0 Å². The van der Waals surface area contributed by atoms with Crippen molar-refractivity contribution >= 4 is 0 Å². The number of hydrogen-bond acceptors (Lipinski definition) is 4. The molecular formula is C18H23NO3. The molecule has 0 fully saturated rings. The Bertz CT molecular complexity index is 557. The van der Waals surface area contributed by atoms with Crippen molar-refractivity contribution in [2.75, 3.05) is 13.2 Å². The second-order valence-corrected chi connectivity index (χ2v) is 5.39. The summed E-state index contributed by atoms with van der Waals surface area (Å²) < 4.78 is 11.5. The van der Waals surface area contributed by atoms with Gasteiger partial charge in [0.2, 0.25) is 0 Å². The normalized spacial score (nSPS) is 12.2. The van der Waals surface area contributed by atoms with E-state index in [1.807, 2.05) is 68.4 Å². The maximum atomic E-state index is 9.91. The zero-order chi connectivity index (χ0) is 15.8. The van der Waals surface area contributed by atoms with Crippen molar-refractivity contribution in [1.82, 2.24) is 5.32 Å². The summed E-state index contributed by atoms with van der Waals surface area (Å²) in [6.07, 6.45) is -0.563. The first-order chi connectivity index (χ1) is 10.6. The maximum Gasteiger partial charge on any atom is 0.169 e. The van der Waals surface area contributed by atoms with E-state index in [4.69, 9.17) is 9.47 Å². The van der Waals surface area contributed by atoms with Crippen LogP contribution >= 0.6 is 0 Å². The molecule has 4 nitrogen and oxygen atoms in total. The molecule has 2 rings (SSSR count). The Morgan fingerprint density at radius 2 is 1.59 bits per heavy atom. The summed E-state index contributed by atoms with van der Waals surface area (Å²) in [4.78, 5) is 0. The van der Waals surface area contributed by atoms with E-state index in [9.17, 15) is 5.11 Å². The fourth-order valence-electron chi connectivity index (χ4n) is 1.89. The van der Waals surface area contributed by atoms with Crippen molar-refractivity contribution in [2.24, 2.45) is 0 Å². The highest BCUT2D eigenvalue weighted by molar-refractivity contribution is 5.42. The predicted octanol–water partition coefficient (Wildman–Crippen LogP) is 3.22. The Balaban J connectivity index is 1.94. The van der Waals surface area contributed by atoms with Gasteiger partial charge in [0.05, 0.1) is 0 Å². The second kappa shape index (κ2) is 8.41. The summed E-state index contributed by atoms with van der Waals surface area (Å²) in [5, 5.41) is 13.1. The summed E-state index contributed by atoms with van der Waals surface area (Å²) in [5.41, 5.74) is 0. The smallest absolute Gasteiger partial charge is 0.169 e. The van der Waals surface area contributed by atoms with Crippen molar-refractivity contribution in [3.63, 3.8) is 0 Å². The van der Waals surface area contributed by atoms with Crippen molar-refractivity contribution in [3.8, 4) is 17.2 Å². The quantitative estimate of drug-likeness (QED) is 0.786. The van der Waals surface area contributed by atoms with E-state index in [0.29, 0.717) is 24.1 Å². The number of aliphatic hydroxyl groups is 1. The number of aliphatic hydroxyl groups excluding tert-OH is 1. The van der Waals surface area contributed by atoms with E-state index in [1.54, 1.807) is 0 Å². The molecule has 0 aliphatic carbocycles. The highest BCUT2D eigenvalue weighted by Gasteiger charge is 2.09. The number of benzene rings is 2. The van der Waals surface area contributed by atoms with Crippen LogP contribution in [0.1, 0.15) is 13.8 Å². The Morgan fingerprint density at radius 1 is 0.955 bits per heavy atom. The summed E-state index contributed by atoms with van der Waals surface area (Å²) in [7, 11) is 0. The van der Waals surface area contributed by atoms with Gasteiger partial charge in [-0.1, -0.05) is 44.2 Å². The second-order valence-electron chi connectivity index (χ2n) is 5.39. The minimum atomic E-state index is -0.563. The number of ether oxygens (including phenoxy) is 2. The zero-order valence-electron chi connectivity index (χ0n) is 13.0. The van der Waals surface area contributed by atoms with E-state index in [0.717, 1.165) is 5.75 Å². The van der Waals surface area contributed by atoms with Gasteiger partial charge in [0.25, 0.3) is 0 Å². The minimum Gasteiger partial charge on any atom is -0.487 e. The molecule has 22 heavy (non-hydrogen) atoms. The van der Waals surface area contributed by atoms with Gasteiger partial charge < -0.3 is 19.9 Å². The van der Waals surface area contributed by atoms with Gasteiger partial charge in [-0.15, -0.1) is 0 Å². The Kier molecular flexibility index (Phi) is 6.25. The van der Waals surface area contributed by atoms with Crippen LogP contribution in [0.15, 0.2) is 54.6 Å². The Hall–Kier alpha value is -2.04. The molecule has 0 aliphatic heterocycles. The first kappa shape index (κ1) is 16.3. The molecule has 2 aromatic carbocycles. The molecule has 0 saturated heterocycles. The number of rotatable bonds is 8. The van der Waals surface area contributed by atoms with Crippen LogP contribution in [-0.4, -0.2) is 30.4 Å². The lowest BCUT2D eigenvalue weighted by Gasteiger charge is -2.16. The van der Waals surface area contributed by atoms with E-state index < -0.39 is 6.10 Å². The lowest BCUT2D eigenvalue weighted by molar-refractivity contribution is 0.103. The lowest BCUT2D eigenvalue weighted by Crippen LogP contribution is -2.35. The van der Waals surface area contributed by atoms with Gasteiger partial charge in [-0.3, -0.25) is 0 Å². The maximum absolute atomic E-state index is 9.91. The van der Waals surface area contributed by atoms with Crippen LogP contribution in [-0.2, 0) is 0 Å². The SMILES string of the molecule is CC(C)NCC(O)COc1ccccc1Oc1ccccc1. The molecule has 2 aromatic rings. The zero-order valence-corrected chi connectivity index (χ0v) is 13.0. The molecule has 1 unspecified atom stereocenters. The van der Waals surface area contributed by atoms with E-state index in [2.05, 4.69) is 5.32 Å². The first-order valence-electron chi connectivity index (χ1n) is 7.51. The molecule has 0 aromatic heterocycles. The number of hydrogen-bond donors (Lipinski definition) is 2. The Morgan fingerprint density at radius 3 is 2.27 bits per heavy atom. The molecule has 0 amide bonds. The van der Waals surface area contributed by atoms with E-state index >= 15 is 0 Å². The fraction of sp³-hybridized carbons (Fsp3) is 0.333. The molecule has 0 heterocycles. The van der Waals surface area contributed by atoms with Crippen LogP contribution in [0.25, 0.3) is 0 Å². The highest BCUT2D eigenvalue weighted by atomic mass is 16.5. The van der Waals surface area contributed by atoms with Gasteiger partial charge in [-0.25, -0.2) is 0 Å². The predicted molar refractivity (Wildman–Crippen MR) is 87.6 cm³/mol. The van der Waals surface area contributed by atoms with Gasteiger partial charge in [0, 0.05) is 12.6 Å². The highest BCUT2D eigenvalue weighted by Crippen LogP contribution is 2.31. The summed E-state index contributed by atoms with van der Waals surface area (Å²) in [6.45, 7) is 4.79. The molecule has 4 heteroatoms. The summed E-state index contributed by atoms with van der Waals surface area (Å²) >= 11 is 0. The van der Waals surface area contributed by atoms with Crippen LogP contribution < -0.4 is 14.8 Å². The third-order valence-electron chi connectivity index (χ3n) is 3.01. The van der Waals surface area contributed by atoms with Crippen LogP contribution in [0, 0.1) is 0 Å². The monoisotopic (exact) mass is 301 g/mol. The van der Waals surface area contributed by atoms with Crippen molar-refractivity contribution < 1.29 is 14.6 Å². The van der Waals surface area contributed by atoms with E-state index in [-0.39, 0.29) is 6.61 Å². The van der Waals surface area contributed by atoms with Gasteiger partial charge >= 0.3 is 0 Å². The molecule has 0 bridgehead atoms. The van der Waals surface area contributed by atoms with Crippen molar-refractivity contribution in [2.45, 2.75) is 26.0 Å². The summed E-state index contributed by atoms with van der Waals surface area (Å²) in [6, 6.07) is 17.3. The van der Waals surface area contributed by atoms with Gasteiger partial charge in [-0.05, 0) is 24.3 Å². The molecule has 1 atom stereocenters. The summed E-state index contributed by atoms with van der Waals surface area (Å²) in [5.74, 6) is 2.01. The van der Waals surface area contributed by atoms with Crippen LogP contribution in [0.2, 0.25) is 0 Å². The molecule has 2 N–H and O–H groups in total. The lowest BCUT2D eigenvalue weighted by atomic mass is 10.3. The third kappa shape index (κ3) is 5.39. The molecular weight excluding hydrogens is 278 g/mol. The number of para-hydroxylation sites is 3. The molecule has 118 valence electrons. The van der Waals surface area contributed by atoms with Crippen LogP contribution in [0.5, 0.6) is 17.2 Å². The van der Waals surface area contributed by atoms with Crippen LogP contribution in [0.3, 0.4) is 0 Å². The third-order valence-corrected chi connectivity index (χ3v) is 3.01. The molecule has 0 saturated carbocycles. The Labute approximate surface area is 131 Å². The van der Waals surface area contributed by atoms with Crippen LogP contribution in [0.4, 0.5) is 0 Å². The largest absolute Gasteiger partial charge is 0.487 e. The number of nitrogens with one attached hydrogen (secondary N) is 1. The minimum absolute atomic E-state index is 0.217. The van der Waals surface area contributed by atoms with Gasteiger partial charge in [0.1, 0.15) is 18.5 Å². The van der Waals surface area contributed by atoms with Crippen molar-refractivity contribution in [3.05, 3.63) is 54.6 Å². The average Bonchev–Trinajstić information content (AvgIpc) is 2.53. The van der Waals surface area contributed by atoms with E-state index in [1.165, 1.54) is 0 Å². The molecule has 0 aliphatic rings.